The molecule has 0 saturated heterocycles. The van der Waals surface area contributed by atoms with Crippen molar-refractivity contribution < 1.29 is 34.6 Å². The molecule has 0 fully saturated rings. The van der Waals surface area contributed by atoms with E-state index in [0.717, 1.165) is 37.1 Å². The predicted molar refractivity (Wildman–Crippen MR) is 137 cm³/mol. The van der Waals surface area contributed by atoms with Crippen LogP contribution in [0.3, 0.4) is 0 Å². The van der Waals surface area contributed by atoms with E-state index >= 15 is 0 Å². The van der Waals surface area contributed by atoms with Gasteiger partial charge in [-0.05, 0) is 73.8 Å². The van der Waals surface area contributed by atoms with Crippen LogP contribution in [0.5, 0.6) is 0 Å². The number of rotatable bonds is 7. The number of ketones is 1. The van der Waals surface area contributed by atoms with Gasteiger partial charge in [0.1, 0.15) is 0 Å². The molecule has 0 atom stereocenters. The predicted octanol–water partition coefficient (Wildman–Crippen LogP) is 6.39. The number of hydrogen-bond donors (Lipinski definition) is 1. The van der Waals surface area contributed by atoms with E-state index in [1.54, 1.807) is 6.20 Å². The minimum absolute atomic E-state index is 0. The molecule has 5 nitrogen and oxygen atoms in total. The van der Waals surface area contributed by atoms with Crippen molar-refractivity contribution in [3.63, 3.8) is 0 Å². The smallest absolute Gasteiger partial charge is 0.162 e. The molecule has 0 aliphatic carbocycles. The van der Waals surface area contributed by atoms with Crippen LogP contribution in [-0.4, -0.2) is 20.7 Å². The first-order valence-corrected chi connectivity index (χ1v) is 12.4. The van der Waals surface area contributed by atoms with Gasteiger partial charge in [0.05, 0.1) is 23.2 Å². The van der Waals surface area contributed by atoms with E-state index in [1.807, 2.05) is 43.1 Å². The fraction of sp³-hybridized carbons (Fsp3) is 0.448. The van der Waals surface area contributed by atoms with Gasteiger partial charge in [0.15, 0.2) is 5.78 Å². The molecule has 35 heavy (non-hydrogen) atoms. The summed E-state index contributed by atoms with van der Waals surface area (Å²) in [5, 5.41) is 16.7. The summed E-state index contributed by atoms with van der Waals surface area (Å²) in [4.78, 5) is 11.7. The SMILES string of the molecule is CCC(CC)C(=O)/C=C(\O)C(CC)CC.[CH2-][n+]1ccc2cccc3c2c1-c1[c-]cnn1C3(C)C.[Ir]. The number of hydrogen-bond acceptors (Lipinski definition) is 3. The van der Waals surface area contributed by atoms with E-state index in [4.69, 9.17) is 0 Å². The molecular formula is C29H38IrN3O2-. The topological polar surface area (TPSA) is 59.0 Å². The Labute approximate surface area is 223 Å². The number of benzene rings is 1. The Bertz CT molecular complexity index is 1190. The van der Waals surface area contributed by atoms with Gasteiger partial charge in [0, 0.05) is 45.1 Å². The molecule has 0 spiro atoms. The summed E-state index contributed by atoms with van der Waals surface area (Å²) >= 11 is 0. The Kier molecular flexibility index (Phi) is 9.88. The molecule has 1 aromatic carbocycles. The van der Waals surface area contributed by atoms with Crippen LogP contribution in [-0.2, 0) is 30.4 Å². The van der Waals surface area contributed by atoms with Crippen molar-refractivity contribution in [1.29, 1.82) is 0 Å². The zero-order chi connectivity index (χ0) is 25.0. The average Bonchev–Trinajstić information content (AvgIpc) is 3.31. The van der Waals surface area contributed by atoms with Crippen molar-refractivity contribution in [1.82, 2.24) is 9.78 Å². The van der Waals surface area contributed by atoms with Crippen molar-refractivity contribution in [3.8, 4) is 11.4 Å². The summed E-state index contributed by atoms with van der Waals surface area (Å²) in [6.45, 7) is 12.5. The molecule has 4 rings (SSSR count). The van der Waals surface area contributed by atoms with Gasteiger partial charge >= 0.3 is 0 Å². The molecule has 0 amide bonds. The van der Waals surface area contributed by atoms with Gasteiger partial charge in [-0.25, -0.2) is 5.10 Å². The van der Waals surface area contributed by atoms with Gasteiger partial charge < -0.3 is 9.67 Å². The van der Waals surface area contributed by atoms with Gasteiger partial charge in [-0.15, -0.1) is 0 Å². The molecule has 191 valence electrons. The minimum atomic E-state index is -0.170. The molecule has 1 radical (unpaired) electrons. The summed E-state index contributed by atoms with van der Waals surface area (Å²) in [5.74, 6) is 0.547. The van der Waals surface area contributed by atoms with E-state index in [2.05, 4.69) is 56.3 Å². The fourth-order valence-corrected chi connectivity index (χ4v) is 4.88. The fourth-order valence-electron chi connectivity index (χ4n) is 4.88. The summed E-state index contributed by atoms with van der Waals surface area (Å²) in [6.07, 6.45) is 8.64. The maximum Gasteiger partial charge on any atom is 0.162 e. The molecule has 2 aromatic heterocycles. The number of nitrogens with zero attached hydrogens (tertiary/aromatic N) is 3. The van der Waals surface area contributed by atoms with Crippen LogP contribution < -0.4 is 4.57 Å². The first kappa shape index (κ1) is 28.8. The molecule has 3 aromatic rings. The Hall–Kier alpha value is -2.43. The average molecular weight is 653 g/mol. The molecule has 1 aliphatic heterocycles. The molecule has 1 N–H and O–H groups in total. The summed E-state index contributed by atoms with van der Waals surface area (Å²) in [6, 6.07) is 11.8. The van der Waals surface area contributed by atoms with E-state index in [1.165, 1.54) is 22.4 Å². The quantitative estimate of drug-likeness (QED) is 0.139. The monoisotopic (exact) mass is 653 g/mol. The molecule has 1 aliphatic rings. The number of aliphatic hydroxyl groups excluding tert-OH is 1. The number of carbonyl (C=O) groups excluding carboxylic acids is 1. The largest absolute Gasteiger partial charge is 0.512 e. The molecule has 0 saturated carbocycles. The first-order valence-electron chi connectivity index (χ1n) is 12.4. The Morgan fingerprint density at radius 3 is 2.37 bits per heavy atom. The maximum absolute atomic E-state index is 11.7. The third-order valence-corrected chi connectivity index (χ3v) is 7.14. The van der Waals surface area contributed by atoms with Gasteiger partial charge in [0.2, 0.25) is 0 Å². The standard InChI is InChI=1S/C16H14N3.C13H24O2.Ir/c1-16(2)12-6-4-5-11-8-10-18(3)15(14(11)12)13-7-9-17-19(13)16;1-5-10(6-2)12(14)9-13(15)11(7-3)8-4;/h4-6,8-10H,3H2,1-2H3;9-11,14H,5-8H2,1-4H3;/q-1;;/b;12-9-;. The van der Waals surface area contributed by atoms with Gasteiger partial charge in [-0.2, -0.15) is 6.07 Å². The molecule has 6 heteroatoms. The second-order valence-electron chi connectivity index (χ2n) is 9.51. The molecule has 0 unspecified atom stereocenters. The summed E-state index contributed by atoms with van der Waals surface area (Å²) < 4.78 is 3.94. The van der Waals surface area contributed by atoms with Gasteiger partial charge in [-0.1, -0.05) is 45.9 Å². The number of aliphatic hydroxyl groups is 1. The number of allylic oxidation sites excluding steroid dienone is 2. The number of aromatic nitrogens is 3. The van der Waals surface area contributed by atoms with Crippen molar-refractivity contribution in [2.45, 2.75) is 72.8 Å². The Morgan fingerprint density at radius 2 is 1.77 bits per heavy atom. The summed E-state index contributed by atoms with van der Waals surface area (Å²) in [7, 11) is 4.10. The van der Waals surface area contributed by atoms with Gasteiger partial charge in [-0.3, -0.25) is 9.48 Å². The van der Waals surface area contributed by atoms with E-state index in [0.29, 0.717) is 0 Å². The normalized spacial score (nSPS) is 13.8. The number of pyridine rings is 1. The first-order chi connectivity index (χ1) is 16.2. The van der Waals surface area contributed by atoms with Crippen LogP contribution in [0.25, 0.3) is 22.2 Å². The minimum Gasteiger partial charge on any atom is -0.512 e. The van der Waals surface area contributed by atoms with Crippen LogP contribution in [0.1, 0.15) is 72.8 Å². The third kappa shape index (κ3) is 5.54. The van der Waals surface area contributed by atoms with Crippen LogP contribution in [0.15, 0.2) is 48.5 Å². The molecular weight excluding hydrogens is 615 g/mol. The van der Waals surface area contributed by atoms with Gasteiger partial charge in [0.25, 0.3) is 0 Å². The maximum atomic E-state index is 11.7. The van der Waals surface area contributed by atoms with Crippen molar-refractivity contribution in [2.75, 3.05) is 0 Å². The Balaban J connectivity index is 0.000000249. The third-order valence-electron chi connectivity index (χ3n) is 7.14. The molecule has 3 heterocycles. The van der Waals surface area contributed by atoms with E-state index in [9.17, 15) is 9.90 Å². The second-order valence-corrected chi connectivity index (χ2v) is 9.51. The van der Waals surface area contributed by atoms with E-state index < -0.39 is 0 Å². The van der Waals surface area contributed by atoms with Crippen LogP contribution in [0.4, 0.5) is 0 Å². The zero-order valence-corrected chi connectivity index (χ0v) is 24.2. The van der Waals surface area contributed by atoms with Crippen molar-refractivity contribution >= 4 is 16.6 Å². The van der Waals surface area contributed by atoms with Crippen molar-refractivity contribution in [3.05, 3.63) is 67.2 Å². The van der Waals surface area contributed by atoms with Crippen LogP contribution >= 0.6 is 0 Å². The second kappa shape index (κ2) is 12.0. The number of carbonyl (C=O) groups is 1. The summed E-state index contributed by atoms with van der Waals surface area (Å²) in [5.41, 5.74) is 3.20. The van der Waals surface area contributed by atoms with Crippen molar-refractivity contribution in [2.24, 2.45) is 11.8 Å². The Morgan fingerprint density at radius 1 is 1.14 bits per heavy atom. The van der Waals surface area contributed by atoms with Crippen LogP contribution in [0, 0.1) is 24.9 Å². The number of fused-ring (bicyclic) bond motifs is 2. The zero-order valence-electron chi connectivity index (χ0n) is 21.8. The van der Waals surface area contributed by atoms with E-state index in [-0.39, 0.29) is 49.0 Å². The molecule has 0 bridgehead atoms. The van der Waals surface area contributed by atoms with Crippen LogP contribution in [0.2, 0.25) is 0 Å².